The van der Waals surface area contributed by atoms with Crippen LogP contribution in [0.4, 0.5) is 9.59 Å². The molecule has 2 fully saturated rings. The van der Waals surface area contributed by atoms with Gasteiger partial charge in [0.15, 0.2) is 0 Å². The molecule has 1 atom stereocenters. The lowest BCUT2D eigenvalue weighted by Gasteiger charge is -2.42. The van der Waals surface area contributed by atoms with Crippen molar-refractivity contribution in [2.24, 2.45) is 0 Å². The van der Waals surface area contributed by atoms with Gasteiger partial charge < -0.3 is 29.0 Å². The van der Waals surface area contributed by atoms with Crippen LogP contribution < -0.4 is 0 Å². The van der Waals surface area contributed by atoms with E-state index in [4.69, 9.17) is 14.2 Å². The number of aromatic amines is 1. The minimum absolute atomic E-state index is 0.0264. The Hall–Kier alpha value is -3.63. The number of carbonyl (C=O) groups is 2. The van der Waals surface area contributed by atoms with Crippen LogP contribution in [0.15, 0.2) is 30.6 Å². The van der Waals surface area contributed by atoms with Gasteiger partial charge in [-0.25, -0.2) is 14.6 Å². The minimum Gasteiger partial charge on any atom is -0.444 e. The number of aromatic nitrogens is 2. The SMILES string of the molecule is Cc1c[nH]c2ncc(-c3cc4c(c([C@@H]5COCCN5C(=O)OC(C)(C)C)c3)CN(C(=O)N3CCOC(C)(C)C3)CC4)cc12. The zero-order chi connectivity index (χ0) is 30.5. The number of amides is 3. The number of fused-ring (bicyclic) bond motifs is 2. The number of pyridine rings is 1. The van der Waals surface area contributed by atoms with E-state index in [0.29, 0.717) is 59.0 Å². The third-order valence-electron chi connectivity index (χ3n) is 8.53. The smallest absolute Gasteiger partial charge is 0.410 e. The van der Waals surface area contributed by atoms with Crippen LogP contribution in [-0.2, 0) is 27.2 Å². The van der Waals surface area contributed by atoms with E-state index in [2.05, 4.69) is 35.1 Å². The van der Waals surface area contributed by atoms with Gasteiger partial charge in [0.2, 0.25) is 0 Å². The normalized spacial score (nSPS) is 20.7. The van der Waals surface area contributed by atoms with Crippen molar-refractivity contribution >= 4 is 23.2 Å². The lowest BCUT2D eigenvalue weighted by molar-refractivity contribution is -0.0767. The summed E-state index contributed by atoms with van der Waals surface area (Å²) in [5.41, 5.74) is 6.29. The van der Waals surface area contributed by atoms with Crippen molar-refractivity contribution in [2.45, 2.75) is 71.8 Å². The summed E-state index contributed by atoms with van der Waals surface area (Å²) in [6.45, 7) is 15.7. The summed E-state index contributed by atoms with van der Waals surface area (Å²) < 4.78 is 17.7. The number of H-pyrrole nitrogens is 1. The molecule has 3 amide bonds. The molecule has 0 spiro atoms. The number of morpholine rings is 2. The minimum atomic E-state index is -0.619. The van der Waals surface area contributed by atoms with E-state index in [1.807, 2.05) is 56.8 Å². The highest BCUT2D eigenvalue weighted by Crippen LogP contribution is 2.37. The number of aryl methyl sites for hydroxylation is 1. The average Bonchev–Trinajstić information content (AvgIpc) is 3.34. The molecule has 43 heavy (non-hydrogen) atoms. The van der Waals surface area contributed by atoms with E-state index in [-0.39, 0.29) is 23.8 Å². The second-order valence-electron chi connectivity index (χ2n) is 13.5. The Morgan fingerprint density at radius 2 is 1.88 bits per heavy atom. The summed E-state index contributed by atoms with van der Waals surface area (Å²) in [6, 6.07) is 6.23. The lowest BCUT2D eigenvalue weighted by atomic mass is 9.87. The summed E-state index contributed by atoms with van der Waals surface area (Å²) >= 11 is 0. The van der Waals surface area contributed by atoms with Gasteiger partial charge in [-0.05, 0) is 87.9 Å². The Balaban J connectivity index is 1.40. The highest BCUT2D eigenvalue weighted by Gasteiger charge is 2.37. The molecule has 0 bridgehead atoms. The van der Waals surface area contributed by atoms with Crippen molar-refractivity contribution in [3.05, 3.63) is 52.8 Å². The van der Waals surface area contributed by atoms with Gasteiger partial charge in [0.25, 0.3) is 0 Å². The number of hydrogen-bond acceptors (Lipinski definition) is 6. The van der Waals surface area contributed by atoms with Gasteiger partial charge in [0.1, 0.15) is 11.2 Å². The number of benzene rings is 1. The highest BCUT2D eigenvalue weighted by atomic mass is 16.6. The Morgan fingerprint density at radius 1 is 1.07 bits per heavy atom. The van der Waals surface area contributed by atoms with Gasteiger partial charge in [0, 0.05) is 49.5 Å². The number of rotatable bonds is 2. The average molecular weight is 590 g/mol. The van der Waals surface area contributed by atoms with Crippen molar-refractivity contribution < 1.29 is 23.8 Å². The zero-order valence-corrected chi connectivity index (χ0v) is 26.2. The van der Waals surface area contributed by atoms with E-state index in [1.54, 1.807) is 4.90 Å². The quantitative estimate of drug-likeness (QED) is 0.428. The molecule has 10 heteroatoms. The van der Waals surface area contributed by atoms with Crippen LogP contribution in [-0.4, -0.2) is 94.0 Å². The summed E-state index contributed by atoms with van der Waals surface area (Å²) in [7, 11) is 0. The monoisotopic (exact) mass is 589 g/mol. The standard InChI is InChI=1S/C33H43N5O5/c1-21-16-34-29-25(21)15-24(17-35-29)23-13-22-7-8-36(30(39)37-9-12-42-33(5,6)20-37)18-27(22)26(14-23)28-19-41-11-10-38(28)31(40)43-32(2,3)4/h13-17,28H,7-12,18-20H2,1-6H3,(H,34,35)/t28-/m0/s1. The molecule has 0 aliphatic carbocycles. The summed E-state index contributed by atoms with van der Waals surface area (Å²) in [4.78, 5) is 40.8. The first-order valence-electron chi connectivity index (χ1n) is 15.2. The molecule has 2 aromatic heterocycles. The topological polar surface area (TPSA) is 100 Å². The van der Waals surface area contributed by atoms with E-state index in [1.165, 1.54) is 5.56 Å². The fraction of sp³-hybridized carbons (Fsp3) is 0.545. The first-order valence-corrected chi connectivity index (χ1v) is 15.2. The van der Waals surface area contributed by atoms with Gasteiger partial charge in [-0.15, -0.1) is 0 Å². The van der Waals surface area contributed by atoms with E-state index in [0.717, 1.165) is 38.9 Å². The zero-order valence-electron chi connectivity index (χ0n) is 26.2. The Kier molecular flexibility index (Phi) is 7.62. The van der Waals surface area contributed by atoms with Crippen molar-refractivity contribution in [3.63, 3.8) is 0 Å². The fourth-order valence-electron chi connectivity index (χ4n) is 6.40. The predicted molar refractivity (Wildman–Crippen MR) is 164 cm³/mol. The first kappa shape index (κ1) is 29.4. The second kappa shape index (κ2) is 11.1. The molecule has 230 valence electrons. The Labute approximate surface area is 253 Å². The Morgan fingerprint density at radius 3 is 2.65 bits per heavy atom. The molecule has 3 aliphatic rings. The largest absolute Gasteiger partial charge is 0.444 e. The molecule has 10 nitrogen and oxygen atoms in total. The van der Waals surface area contributed by atoms with E-state index in [9.17, 15) is 9.59 Å². The van der Waals surface area contributed by atoms with Gasteiger partial charge >= 0.3 is 12.1 Å². The maximum absolute atomic E-state index is 13.8. The molecular formula is C33H43N5O5. The van der Waals surface area contributed by atoms with E-state index < -0.39 is 5.60 Å². The van der Waals surface area contributed by atoms with Crippen molar-refractivity contribution in [2.75, 3.05) is 46.0 Å². The van der Waals surface area contributed by atoms with Crippen LogP contribution in [0, 0.1) is 6.92 Å². The molecule has 5 heterocycles. The summed E-state index contributed by atoms with van der Waals surface area (Å²) in [5.74, 6) is 0. The second-order valence-corrected chi connectivity index (χ2v) is 13.5. The number of nitrogens with zero attached hydrogens (tertiary/aromatic N) is 4. The first-order chi connectivity index (χ1) is 20.4. The molecule has 0 radical (unpaired) electrons. The number of nitrogens with one attached hydrogen (secondary N) is 1. The number of ether oxygens (including phenoxy) is 3. The third-order valence-corrected chi connectivity index (χ3v) is 8.53. The third kappa shape index (κ3) is 6.08. The summed E-state index contributed by atoms with van der Waals surface area (Å²) in [5, 5.41) is 1.08. The van der Waals surface area contributed by atoms with Gasteiger partial charge in [0.05, 0.1) is 38.0 Å². The lowest BCUT2D eigenvalue weighted by Crippen LogP contribution is -2.55. The van der Waals surface area contributed by atoms with Crippen LogP contribution in [0.2, 0.25) is 0 Å². The molecule has 0 unspecified atom stereocenters. The molecule has 1 N–H and O–H groups in total. The predicted octanol–water partition coefficient (Wildman–Crippen LogP) is 5.44. The van der Waals surface area contributed by atoms with Crippen molar-refractivity contribution in [1.82, 2.24) is 24.7 Å². The fourth-order valence-corrected chi connectivity index (χ4v) is 6.40. The molecular weight excluding hydrogens is 546 g/mol. The number of urea groups is 1. The molecule has 3 aliphatic heterocycles. The van der Waals surface area contributed by atoms with Crippen molar-refractivity contribution in [1.29, 1.82) is 0 Å². The van der Waals surface area contributed by atoms with E-state index >= 15 is 0 Å². The van der Waals surface area contributed by atoms with Gasteiger partial charge in [-0.2, -0.15) is 0 Å². The highest BCUT2D eigenvalue weighted by molar-refractivity contribution is 5.85. The molecule has 2 saturated heterocycles. The van der Waals surface area contributed by atoms with Crippen LogP contribution >= 0.6 is 0 Å². The molecule has 0 saturated carbocycles. The molecule has 6 rings (SSSR count). The maximum atomic E-state index is 13.8. The van der Waals surface area contributed by atoms with Crippen LogP contribution in [0.5, 0.6) is 0 Å². The number of hydrogen-bond donors (Lipinski definition) is 1. The van der Waals surface area contributed by atoms with Gasteiger partial charge in [-0.3, -0.25) is 4.90 Å². The molecule has 3 aromatic rings. The molecule has 1 aromatic carbocycles. The van der Waals surface area contributed by atoms with Gasteiger partial charge in [-0.1, -0.05) is 6.07 Å². The number of carbonyl (C=O) groups excluding carboxylic acids is 2. The Bertz CT molecular complexity index is 1540. The summed E-state index contributed by atoms with van der Waals surface area (Å²) in [6.07, 6.45) is 4.23. The van der Waals surface area contributed by atoms with Crippen LogP contribution in [0.1, 0.15) is 62.9 Å². The van der Waals surface area contributed by atoms with Crippen LogP contribution in [0.3, 0.4) is 0 Å². The maximum Gasteiger partial charge on any atom is 0.410 e. The van der Waals surface area contributed by atoms with Crippen molar-refractivity contribution in [3.8, 4) is 11.1 Å². The van der Waals surface area contributed by atoms with Crippen LogP contribution in [0.25, 0.3) is 22.2 Å².